The number of hydrogen-bond acceptors (Lipinski definition) is 4. The molecule has 0 radical (unpaired) electrons. The van der Waals surface area contributed by atoms with Crippen LogP contribution in [-0.2, 0) is 10.3 Å². The summed E-state index contributed by atoms with van der Waals surface area (Å²) in [6, 6.07) is 3.68. The molecule has 1 N–H and O–H groups in total. The zero-order valence-corrected chi connectivity index (χ0v) is 12.3. The number of likely N-dealkylation sites (tertiary alicyclic amines) is 1. The maximum absolute atomic E-state index is 12.0. The van der Waals surface area contributed by atoms with Crippen LogP contribution in [0.2, 0.25) is 0 Å². The Morgan fingerprint density at radius 3 is 2.55 bits per heavy atom. The second-order valence-corrected chi connectivity index (χ2v) is 6.24. The molecule has 2 rings (SSSR count). The Morgan fingerprint density at radius 2 is 2.05 bits per heavy atom. The summed E-state index contributed by atoms with van der Waals surface area (Å²) >= 11 is 0. The number of carbonyl (C=O) groups excluding carboxylic acids is 1. The zero-order valence-electron chi connectivity index (χ0n) is 12.3. The summed E-state index contributed by atoms with van der Waals surface area (Å²) in [4.78, 5) is 17.7. The first-order valence-electron chi connectivity index (χ1n) is 6.91. The van der Waals surface area contributed by atoms with E-state index in [9.17, 15) is 9.90 Å². The van der Waals surface area contributed by atoms with Gasteiger partial charge in [-0.1, -0.05) is 6.07 Å². The second kappa shape index (κ2) is 5.40. The largest absolute Gasteiger partial charge is 0.444 e. The van der Waals surface area contributed by atoms with Crippen molar-refractivity contribution in [2.75, 3.05) is 13.1 Å². The van der Waals surface area contributed by atoms with Crippen molar-refractivity contribution < 1.29 is 14.6 Å². The third-order valence-corrected chi connectivity index (χ3v) is 3.44. The molecule has 1 aromatic heterocycles. The first-order valence-corrected chi connectivity index (χ1v) is 6.91. The van der Waals surface area contributed by atoms with Gasteiger partial charge in [0.2, 0.25) is 0 Å². The van der Waals surface area contributed by atoms with Gasteiger partial charge in [0.1, 0.15) is 5.60 Å². The van der Waals surface area contributed by atoms with Crippen LogP contribution < -0.4 is 0 Å². The molecule has 1 aliphatic heterocycles. The van der Waals surface area contributed by atoms with Crippen LogP contribution >= 0.6 is 0 Å². The van der Waals surface area contributed by atoms with Crippen molar-refractivity contribution in [3.8, 4) is 0 Å². The molecule has 5 heteroatoms. The first-order chi connectivity index (χ1) is 9.30. The summed E-state index contributed by atoms with van der Waals surface area (Å²) in [5.74, 6) is 0. The van der Waals surface area contributed by atoms with Gasteiger partial charge in [-0.3, -0.25) is 4.98 Å². The summed E-state index contributed by atoms with van der Waals surface area (Å²) in [5.41, 5.74) is -0.579. The van der Waals surface area contributed by atoms with E-state index in [2.05, 4.69) is 4.98 Å². The highest BCUT2D eigenvalue weighted by atomic mass is 16.6. The quantitative estimate of drug-likeness (QED) is 0.856. The van der Waals surface area contributed by atoms with Crippen LogP contribution in [0.15, 0.2) is 24.5 Å². The number of aromatic nitrogens is 1. The topological polar surface area (TPSA) is 62.7 Å². The number of amides is 1. The lowest BCUT2D eigenvalue weighted by Crippen LogP contribution is -2.46. The van der Waals surface area contributed by atoms with Crippen molar-refractivity contribution in [3.05, 3.63) is 30.1 Å². The van der Waals surface area contributed by atoms with Crippen molar-refractivity contribution in [1.29, 1.82) is 0 Å². The average Bonchev–Trinajstić information content (AvgIpc) is 2.38. The van der Waals surface area contributed by atoms with Gasteiger partial charge in [0.05, 0.1) is 5.60 Å². The molecule has 20 heavy (non-hydrogen) atoms. The van der Waals surface area contributed by atoms with Crippen LogP contribution in [0.1, 0.15) is 39.2 Å². The van der Waals surface area contributed by atoms with Gasteiger partial charge in [-0.2, -0.15) is 0 Å². The molecule has 0 bridgehead atoms. The number of aliphatic hydroxyl groups is 1. The van der Waals surface area contributed by atoms with Crippen molar-refractivity contribution >= 4 is 6.09 Å². The number of hydrogen-bond donors (Lipinski definition) is 1. The predicted octanol–water partition coefficient (Wildman–Crippen LogP) is 2.30. The molecule has 0 atom stereocenters. The number of ether oxygens (including phenoxy) is 1. The van der Waals surface area contributed by atoms with Crippen molar-refractivity contribution in [2.45, 2.75) is 44.8 Å². The van der Waals surface area contributed by atoms with Crippen LogP contribution in [0.3, 0.4) is 0 Å². The van der Waals surface area contributed by atoms with Gasteiger partial charge < -0.3 is 14.7 Å². The van der Waals surface area contributed by atoms with E-state index in [1.165, 1.54) is 0 Å². The number of carbonyl (C=O) groups is 1. The molecular formula is C15H22N2O3. The Hall–Kier alpha value is -1.62. The zero-order chi connectivity index (χ0) is 14.8. The highest BCUT2D eigenvalue weighted by Crippen LogP contribution is 2.32. The fourth-order valence-electron chi connectivity index (χ4n) is 2.31. The Morgan fingerprint density at radius 1 is 1.40 bits per heavy atom. The highest BCUT2D eigenvalue weighted by Gasteiger charge is 2.36. The van der Waals surface area contributed by atoms with Crippen molar-refractivity contribution in [1.82, 2.24) is 9.88 Å². The predicted molar refractivity (Wildman–Crippen MR) is 75.2 cm³/mol. The minimum absolute atomic E-state index is 0.314. The van der Waals surface area contributed by atoms with E-state index in [-0.39, 0.29) is 6.09 Å². The van der Waals surface area contributed by atoms with E-state index in [0.29, 0.717) is 25.9 Å². The molecule has 1 amide bonds. The number of nitrogens with zero attached hydrogens (tertiary/aromatic N) is 2. The van der Waals surface area contributed by atoms with Crippen LogP contribution in [0.5, 0.6) is 0 Å². The summed E-state index contributed by atoms with van der Waals surface area (Å²) in [7, 11) is 0. The molecule has 1 saturated heterocycles. The molecule has 0 unspecified atom stereocenters. The minimum atomic E-state index is -0.896. The Bertz CT molecular complexity index is 460. The van der Waals surface area contributed by atoms with E-state index in [4.69, 9.17) is 4.74 Å². The van der Waals surface area contributed by atoms with E-state index in [1.54, 1.807) is 17.3 Å². The van der Waals surface area contributed by atoms with Gasteiger partial charge in [-0.05, 0) is 39.7 Å². The van der Waals surface area contributed by atoms with Gasteiger partial charge in [-0.15, -0.1) is 0 Å². The fraction of sp³-hybridized carbons (Fsp3) is 0.600. The fourth-order valence-corrected chi connectivity index (χ4v) is 2.31. The normalized spacial score (nSPS) is 18.7. The van der Waals surface area contributed by atoms with Gasteiger partial charge in [-0.25, -0.2) is 4.79 Å². The molecule has 1 fully saturated rings. The third kappa shape index (κ3) is 3.48. The second-order valence-electron chi connectivity index (χ2n) is 6.24. The number of pyridine rings is 1. The number of rotatable bonds is 1. The van der Waals surface area contributed by atoms with Crippen LogP contribution in [-0.4, -0.2) is 39.8 Å². The van der Waals surface area contributed by atoms with Gasteiger partial charge in [0.15, 0.2) is 0 Å². The van der Waals surface area contributed by atoms with E-state index >= 15 is 0 Å². The van der Waals surface area contributed by atoms with Crippen molar-refractivity contribution in [3.63, 3.8) is 0 Å². The Balaban J connectivity index is 1.97. The van der Waals surface area contributed by atoms with E-state index in [1.807, 2.05) is 32.9 Å². The van der Waals surface area contributed by atoms with Crippen molar-refractivity contribution in [2.24, 2.45) is 0 Å². The smallest absolute Gasteiger partial charge is 0.410 e. The molecule has 1 aromatic rings. The van der Waals surface area contributed by atoms with Crippen LogP contribution in [0.25, 0.3) is 0 Å². The molecule has 0 aliphatic carbocycles. The monoisotopic (exact) mass is 278 g/mol. The molecule has 110 valence electrons. The summed E-state index contributed by atoms with van der Waals surface area (Å²) in [6.07, 6.45) is 4.05. The number of piperidine rings is 1. The summed E-state index contributed by atoms with van der Waals surface area (Å²) < 4.78 is 5.34. The maximum Gasteiger partial charge on any atom is 0.410 e. The van der Waals surface area contributed by atoms with E-state index < -0.39 is 11.2 Å². The minimum Gasteiger partial charge on any atom is -0.444 e. The van der Waals surface area contributed by atoms with Gasteiger partial charge in [0, 0.05) is 31.0 Å². The molecule has 2 heterocycles. The van der Waals surface area contributed by atoms with E-state index in [0.717, 1.165) is 5.56 Å². The Labute approximate surface area is 119 Å². The molecule has 5 nitrogen and oxygen atoms in total. The lowest BCUT2D eigenvalue weighted by molar-refractivity contribution is -0.0358. The van der Waals surface area contributed by atoms with Gasteiger partial charge in [0.25, 0.3) is 0 Å². The SMILES string of the molecule is CC(C)(C)OC(=O)N1CCC(O)(c2cccnc2)CC1. The average molecular weight is 278 g/mol. The molecular weight excluding hydrogens is 256 g/mol. The first kappa shape index (κ1) is 14.8. The third-order valence-electron chi connectivity index (χ3n) is 3.44. The summed E-state index contributed by atoms with van der Waals surface area (Å²) in [6.45, 7) is 6.52. The highest BCUT2D eigenvalue weighted by molar-refractivity contribution is 5.68. The molecule has 0 saturated carbocycles. The lowest BCUT2D eigenvalue weighted by atomic mass is 9.85. The lowest BCUT2D eigenvalue weighted by Gasteiger charge is -2.38. The molecule has 0 aromatic carbocycles. The summed E-state index contributed by atoms with van der Waals surface area (Å²) in [5, 5.41) is 10.7. The molecule has 0 spiro atoms. The molecule has 1 aliphatic rings. The standard InChI is InChI=1S/C15H22N2O3/c1-14(2,3)20-13(18)17-9-6-15(19,7-10-17)12-5-4-8-16-11-12/h4-5,8,11,19H,6-7,9-10H2,1-3H3. The van der Waals surface area contributed by atoms with Gasteiger partial charge >= 0.3 is 6.09 Å². The van der Waals surface area contributed by atoms with Crippen LogP contribution in [0.4, 0.5) is 4.79 Å². The Kier molecular flexibility index (Phi) is 3.99. The van der Waals surface area contributed by atoms with Crippen LogP contribution in [0, 0.1) is 0 Å². The maximum atomic E-state index is 12.0.